The number of aromatic nitrogens is 2. The van der Waals surface area contributed by atoms with Crippen molar-refractivity contribution in [2.75, 3.05) is 0 Å². The normalized spacial score (nSPS) is 13.7. The fourth-order valence-electron chi connectivity index (χ4n) is 2.08. The molecule has 2 N–H and O–H groups in total. The Hall–Kier alpha value is -1.82. The minimum atomic E-state index is -4.31. The Morgan fingerprint density at radius 2 is 1.81 bits per heavy atom. The smallest absolute Gasteiger partial charge is 0.329 e. The summed E-state index contributed by atoms with van der Waals surface area (Å²) in [6.45, 7) is 4.48. The van der Waals surface area contributed by atoms with Crippen molar-refractivity contribution in [3.63, 3.8) is 0 Å². The number of nitrogens with zero attached hydrogens (tertiary/aromatic N) is 2. The quantitative estimate of drug-likeness (QED) is 0.937. The van der Waals surface area contributed by atoms with Crippen LogP contribution in [0.1, 0.15) is 36.7 Å². The summed E-state index contributed by atoms with van der Waals surface area (Å²) in [5.41, 5.74) is 7.12. The molecule has 0 saturated heterocycles. The van der Waals surface area contributed by atoms with Gasteiger partial charge in [-0.2, -0.15) is 13.2 Å². The molecule has 0 aliphatic carbocycles. The van der Waals surface area contributed by atoms with Gasteiger partial charge < -0.3 is 10.3 Å². The maximum absolute atomic E-state index is 12.5. The van der Waals surface area contributed by atoms with Crippen LogP contribution in [0.2, 0.25) is 0 Å². The van der Waals surface area contributed by atoms with Crippen molar-refractivity contribution in [2.45, 2.75) is 32.6 Å². The number of alkyl halides is 3. The SMILES string of the molecule is CC(C)C(N)c1cncn1Cc1ccc(C(F)(F)F)cc1. The lowest BCUT2D eigenvalue weighted by Gasteiger charge is -2.18. The van der Waals surface area contributed by atoms with Gasteiger partial charge in [-0.05, 0) is 23.6 Å². The van der Waals surface area contributed by atoms with Crippen molar-refractivity contribution < 1.29 is 13.2 Å². The Balaban J connectivity index is 2.18. The van der Waals surface area contributed by atoms with E-state index in [0.717, 1.165) is 23.4 Å². The van der Waals surface area contributed by atoms with Gasteiger partial charge in [0.2, 0.25) is 0 Å². The van der Waals surface area contributed by atoms with Crippen LogP contribution in [-0.2, 0) is 12.7 Å². The van der Waals surface area contributed by atoms with Crippen LogP contribution in [-0.4, -0.2) is 9.55 Å². The summed E-state index contributed by atoms with van der Waals surface area (Å²) in [6.07, 6.45) is -0.956. The number of hydrogen-bond donors (Lipinski definition) is 1. The fraction of sp³-hybridized carbons (Fsp3) is 0.400. The molecular formula is C15H18F3N3. The molecule has 0 spiro atoms. The molecule has 0 aliphatic rings. The lowest BCUT2D eigenvalue weighted by molar-refractivity contribution is -0.137. The van der Waals surface area contributed by atoms with Gasteiger partial charge in [0.15, 0.2) is 0 Å². The molecule has 0 radical (unpaired) electrons. The lowest BCUT2D eigenvalue weighted by Crippen LogP contribution is -2.20. The van der Waals surface area contributed by atoms with Crippen molar-refractivity contribution >= 4 is 0 Å². The standard InChI is InChI=1S/C15H18F3N3/c1-10(2)14(19)13-7-20-9-21(13)8-11-3-5-12(6-4-11)15(16,17)18/h3-7,9-10,14H,8,19H2,1-2H3. The van der Waals surface area contributed by atoms with E-state index in [4.69, 9.17) is 5.73 Å². The molecule has 1 heterocycles. The van der Waals surface area contributed by atoms with Crippen LogP contribution >= 0.6 is 0 Å². The molecule has 1 aromatic carbocycles. The Morgan fingerprint density at radius 1 is 1.19 bits per heavy atom. The molecule has 6 heteroatoms. The van der Waals surface area contributed by atoms with Crippen LogP contribution in [0.3, 0.4) is 0 Å². The Morgan fingerprint density at radius 3 is 2.33 bits per heavy atom. The third-order valence-corrected chi connectivity index (χ3v) is 3.44. The first-order chi connectivity index (χ1) is 9.79. The summed E-state index contributed by atoms with van der Waals surface area (Å²) < 4.78 is 39.4. The maximum Gasteiger partial charge on any atom is 0.416 e. The van der Waals surface area contributed by atoms with E-state index in [1.807, 2.05) is 18.4 Å². The second-order valence-electron chi connectivity index (χ2n) is 5.41. The molecule has 1 aromatic heterocycles. The second-order valence-corrected chi connectivity index (χ2v) is 5.41. The monoisotopic (exact) mass is 297 g/mol. The molecule has 2 rings (SSSR count). The van der Waals surface area contributed by atoms with Gasteiger partial charge in [0, 0.05) is 18.8 Å². The van der Waals surface area contributed by atoms with E-state index in [2.05, 4.69) is 4.98 Å². The molecule has 0 amide bonds. The number of rotatable bonds is 4. The van der Waals surface area contributed by atoms with Gasteiger partial charge in [0.1, 0.15) is 0 Å². The Bertz CT molecular complexity index is 585. The van der Waals surface area contributed by atoms with Crippen LogP contribution in [0.15, 0.2) is 36.8 Å². The molecule has 0 bridgehead atoms. The van der Waals surface area contributed by atoms with E-state index in [1.54, 1.807) is 12.5 Å². The van der Waals surface area contributed by atoms with Gasteiger partial charge in [0.05, 0.1) is 17.6 Å². The number of halogens is 3. The summed E-state index contributed by atoms with van der Waals surface area (Å²) in [5, 5.41) is 0. The number of imidazole rings is 1. The van der Waals surface area contributed by atoms with Crippen LogP contribution in [0, 0.1) is 5.92 Å². The molecule has 2 aromatic rings. The van der Waals surface area contributed by atoms with Gasteiger partial charge in [-0.3, -0.25) is 0 Å². The zero-order valence-electron chi connectivity index (χ0n) is 11.9. The van der Waals surface area contributed by atoms with Crippen LogP contribution in [0.25, 0.3) is 0 Å². The third kappa shape index (κ3) is 3.64. The van der Waals surface area contributed by atoms with Crippen molar-refractivity contribution in [3.05, 3.63) is 53.6 Å². The Kier molecular flexibility index (Phi) is 4.37. The molecule has 1 atom stereocenters. The molecule has 1 unspecified atom stereocenters. The third-order valence-electron chi connectivity index (χ3n) is 3.44. The van der Waals surface area contributed by atoms with Gasteiger partial charge in [-0.1, -0.05) is 26.0 Å². The summed E-state index contributed by atoms with van der Waals surface area (Å²) in [4.78, 5) is 4.08. The summed E-state index contributed by atoms with van der Waals surface area (Å²) in [5.74, 6) is 0.257. The molecule has 114 valence electrons. The van der Waals surface area contributed by atoms with Gasteiger partial charge in [-0.25, -0.2) is 4.98 Å². The average molecular weight is 297 g/mol. The minimum Gasteiger partial charge on any atom is -0.329 e. The Labute approximate surface area is 121 Å². The summed E-state index contributed by atoms with van der Waals surface area (Å²) in [7, 11) is 0. The van der Waals surface area contributed by atoms with Crippen LogP contribution in [0.5, 0.6) is 0 Å². The predicted octanol–water partition coefficient (Wildman–Crippen LogP) is 3.61. The lowest BCUT2D eigenvalue weighted by atomic mass is 10.0. The van der Waals surface area contributed by atoms with Crippen LogP contribution < -0.4 is 5.73 Å². The average Bonchev–Trinajstić information content (AvgIpc) is 2.85. The van der Waals surface area contributed by atoms with E-state index in [0.29, 0.717) is 6.54 Å². The number of benzene rings is 1. The molecule has 3 nitrogen and oxygen atoms in total. The first-order valence-electron chi connectivity index (χ1n) is 6.71. The molecular weight excluding hydrogens is 279 g/mol. The topological polar surface area (TPSA) is 43.8 Å². The van der Waals surface area contributed by atoms with Crippen molar-refractivity contribution in [1.82, 2.24) is 9.55 Å². The highest BCUT2D eigenvalue weighted by atomic mass is 19.4. The maximum atomic E-state index is 12.5. The van der Waals surface area contributed by atoms with Crippen molar-refractivity contribution in [3.8, 4) is 0 Å². The number of nitrogens with two attached hydrogens (primary N) is 1. The predicted molar refractivity (Wildman–Crippen MR) is 74.5 cm³/mol. The van der Waals surface area contributed by atoms with Crippen LogP contribution in [0.4, 0.5) is 13.2 Å². The number of hydrogen-bond acceptors (Lipinski definition) is 2. The molecule has 0 saturated carbocycles. The zero-order chi connectivity index (χ0) is 15.6. The minimum absolute atomic E-state index is 0.151. The molecule has 0 aliphatic heterocycles. The highest BCUT2D eigenvalue weighted by molar-refractivity contribution is 5.25. The van der Waals surface area contributed by atoms with E-state index in [1.165, 1.54) is 12.1 Å². The first kappa shape index (κ1) is 15.6. The molecule has 0 fully saturated rings. The molecule has 21 heavy (non-hydrogen) atoms. The van der Waals surface area contributed by atoms with E-state index in [-0.39, 0.29) is 12.0 Å². The van der Waals surface area contributed by atoms with Gasteiger partial charge in [0.25, 0.3) is 0 Å². The summed E-state index contributed by atoms with van der Waals surface area (Å²) in [6, 6.07) is 4.99. The van der Waals surface area contributed by atoms with E-state index < -0.39 is 11.7 Å². The van der Waals surface area contributed by atoms with Crippen molar-refractivity contribution in [1.29, 1.82) is 0 Å². The van der Waals surface area contributed by atoms with Crippen molar-refractivity contribution in [2.24, 2.45) is 11.7 Å². The fourth-order valence-corrected chi connectivity index (χ4v) is 2.08. The first-order valence-corrected chi connectivity index (χ1v) is 6.71. The van der Waals surface area contributed by atoms with Gasteiger partial charge in [-0.15, -0.1) is 0 Å². The van der Waals surface area contributed by atoms with E-state index >= 15 is 0 Å². The second kappa shape index (κ2) is 5.89. The summed E-state index contributed by atoms with van der Waals surface area (Å²) >= 11 is 0. The van der Waals surface area contributed by atoms with E-state index in [9.17, 15) is 13.2 Å². The largest absolute Gasteiger partial charge is 0.416 e. The van der Waals surface area contributed by atoms with Gasteiger partial charge >= 0.3 is 6.18 Å². The highest BCUT2D eigenvalue weighted by Crippen LogP contribution is 2.29. The zero-order valence-corrected chi connectivity index (χ0v) is 11.9. The highest BCUT2D eigenvalue weighted by Gasteiger charge is 2.29.